The molecular weight excluding hydrogens is 413 g/mol. The fraction of sp³-hybridized carbons (Fsp3) is 0.176. The van der Waals surface area contributed by atoms with Crippen molar-refractivity contribution in [1.29, 1.82) is 0 Å². The van der Waals surface area contributed by atoms with E-state index in [0.717, 1.165) is 11.3 Å². The third-order valence-electron chi connectivity index (χ3n) is 3.82. The summed E-state index contributed by atoms with van der Waals surface area (Å²) in [4.78, 5) is 41.3. The van der Waals surface area contributed by atoms with Crippen LogP contribution < -0.4 is 10.9 Å². The van der Waals surface area contributed by atoms with Gasteiger partial charge in [0, 0.05) is 17.5 Å². The van der Waals surface area contributed by atoms with Gasteiger partial charge in [0.1, 0.15) is 17.2 Å². The average Bonchev–Trinajstić information content (AvgIpc) is 3.05. The number of nitrogens with zero attached hydrogens (tertiary/aromatic N) is 2. The molecule has 27 heavy (non-hydrogen) atoms. The lowest BCUT2D eigenvalue weighted by Gasteiger charge is -2.12. The summed E-state index contributed by atoms with van der Waals surface area (Å²) in [6.45, 7) is 1.49. The molecule has 0 fully saturated rings. The van der Waals surface area contributed by atoms with Gasteiger partial charge in [0.05, 0.1) is 21.0 Å². The fourth-order valence-corrected chi connectivity index (χ4v) is 3.79. The van der Waals surface area contributed by atoms with Crippen molar-refractivity contribution in [2.75, 3.05) is 5.32 Å². The van der Waals surface area contributed by atoms with Gasteiger partial charge in [0.25, 0.3) is 5.56 Å². The van der Waals surface area contributed by atoms with Gasteiger partial charge in [-0.1, -0.05) is 30.1 Å². The second-order valence-corrected chi connectivity index (χ2v) is 7.26. The van der Waals surface area contributed by atoms with Crippen LogP contribution in [-0.4, -0.2) is 26.5 Å². The standard InChI is InChI=1S/C17H13Cl2N3O4S/c1-2-12-21-15-14(9(7-27-15)17(25)26)16(24)22(12)6-13(23)20-8-3-4-10(18)11(19)5-8/h3-5,7H,2,6H2,1H3,(H,20,23)(H,25,26). The monoisotopic (exact) mass is 425 g/mol. The molecule has 0 spiro atoms. The number of nitrogens with one attached hydrogen (secondary N) is 1. The van der Waals surface area contributed by atoms with Crippen LogP contribution in [0.15, 0.2) is 28.4 Å². The summed E-state index contributed by atoms with van der Waals surface area (Å²) in [5.41, 5.74) is -0.245. The molecule has 0 saturated heterocycles. The van der Waals surface area contributed by atoms with E-state index < -0.39 is 17.4 Å². The highest BCUT2D eigenvalue weighted by molar-refractivity contribution is 7.17. The number of aromatic carboxylic acids is 1. The highest BCUT2D eigenvalue weighted by Crippen LogP contribution is 2.25. The molecule has 0 bridgehead atoms. The highest BCUT2D eigenvalue weighted by Gasteiger charge is 2.20. The third kappa shape index (κ3) is 3.83. The van der Waals surface area contributed by atoms with Crippen LogP contribution in [0.3, 0.4) is 0 Å². The second-order valence-electron chi connectivity index (χ2n) is 5.58. The van der Waals surface area contributed by atoms with Crippen molar-refractivity contribution in [2.45, 2.75) is 19.9 Å². The Morgan fingerprint density at radius 3 is 2.67 bits per heavy atom. The molecule has 3 rings (SSSR count). The Morgan fingerprint density at radius 2 is 2.04 bits per heavy atom. The van der Waals surface area contributed by atoms with E-state index in [4.69, 9.17) is 23.2 Å². The summed E-state index contributed by atoms with van der Waals surface area (Å²) >= 11 is 12.9. The maximum absolute atomic E-state index is 12.8. The van der Waals surface area contributed by atoms with E-state index in [1.807, 2.05) is 0 Å². The number of aryl methyl sites for hydroxylation is 1. The number of carbonyl (C=O) groups excluding carboxylic acids is 1. The molecule has 1 amide bonds. The van der Waals surface area contributed by atoms with E-state index in [9.17, 15) is 19.5 Å². The van der Waals surface area contributed by atoms with E-state index >= 15 is 0 Å². The molecule has 2 aromatic heterocycles. The van der Waals surface area contributed by atoms with Crippen molar-refractivity contribution in [3.63, 3.8) is 0 Å². The lowest BCUT2D eigenvalue weighted by atomic mass is 10.2. The van der Waals surface area contributed by atoms with E-state index in [2.05, 4.69) is 10.3 Å². The van der Waals surface area contributed by atoms with Crippen LogP contribution in [0.25, 0.3) is 10.2 Å². The molecule has 0 atom stereocenters. The first-order chi connectivity index (χ1) is 12.8. The predicted molar refractivity (Wildman–Crippen MR) is 105 cm³/mol. The molecule has 7 nitrogen and oxygen atoms in total. The van der Waals surface area contributed by atoms with Crippen molar-refractivity contribution >= 4 is 62.3 Å². The van der Waals surface area contributed by atoms with Gasteiger partial charge in [-0.2, -0.15) is 0 Å². The van der Waals surface area contributed by atoms with Crippen LogP contribution >= 0.6 is 34.5 Å². The third-order valence-corrected chi connectivity index (χ3v) is 5.44. The molecule has 0 aliphatic carbocycles. The van der Waals surface area contributed by atoms with Crippen LogP contribution in [0, 0.1) is 0 Å². The molecule has 2 heterocycles. The van der Waals surface area contributed by atoms with Crippen molar-refractivity contribution in [2.24, 2.45) is 0 Å². The molecule has 140 valence electrons. The first-order valence-corrected chi connectivity index (χ1v) is 9.44. The Kier molecular flexibility index (Phi) is 5.50. The van der Waals surface area contributed by atoms with Gasteiger partial charge in [-0.05, 0) is 18.2 Å². The summed E-state index contributed by atoms with van der Waals surface area (Å²) in [6.07, 6.45) is 0.408. The summed E-state index contributed by atoms with van der Waals surface area (Å²) in [7, 11) is 0. The van der Waals surface area contributed by atoms with Crippen molar-refractivity contribution in [3.05, 3.63) is 55.4 Å². The summed E-state index contributed by atoms with van der Waals surface area (Å²) < 4.78 is 1.19. The minimum Gasteiger partial charge on any atom is -0.478 e. The highest BCUT2D eigenvalue weighted by atomic mass is 35.5. The Labute approximate surface area is 167 Å². The molecule has 10 heteroatoms. The number of aromatic nitrogens is 2. The number of amides is 1. The topological polar surface area (TPSA) is 101 Å². The molecule has 3 aromatic rings. The average molecular weight is 426 g/mol. The molecule has 2 N–H and O–H groups in total. The molecule has 0 radical (unpaired) electrons. The van der Waals surface area contributed by atoms with Crippen LogP contribution in [0.5, 0.6) is 0 Å². The number of carboxylic acid groups (broad SMARTS) is 1. The first-order valence-electron chi connectivity index (χ1n) is 7.81. The van der Waals surface area contributed by atoms with Gasteiger partial charge in [-0.3, -0.25) is 14.2 Å². The zero-order valence-electron chi connectivity index (χ0n) is 14.0. The number of rotatable bonds is 5. The zero-order chi connectivity index (χ0) is 19.7. The van der Waals surface area contributed by atoms with E-state index in [-0.39, 0.29) is 22.5 Å². The smallest absolute Gasteiger partial charge is 0.337 e. The number of fused-ring (bicyclic) bond motifs is 1. The zero-order valence-corrected chi connectivity index (χ0v) is 16.3. The van der Waals surface area contributed by atoms with Gasteiger partial charge < -0.3 is 10.4 Å². The summed E-state index contributed by atoms with van der Waals surface area (Å²) in [5.74, 6) is -1.29. The van der Waals surface area contributed by atoms with E-state index in [1.54, 1.807) is 19.1 Å². The second kappa shape index (κ2) is 7.67. The molecular formula is C17H13Cl2N3O4S. The van der Waals surface area contributed by atoms with Gasteiger partial charge in [-0.25, -0.2) is 9.78 Å². The molecule has 0 saturated carbocycles. The van der Waals surface area contributed by atoms with Gasteiger partial charge >= 0.3 is 5.97 Å². The largest absolute Gasteiger partial charge is 0.478 e. The number of hydrogen-bond acceptors (Lipinski definition) is 5. The number of hydrogen-bond donors (Lipinski definition) is 2. The Bertz CT molecular complexity index is 1120. The van der Waals surface area contributed by atoms with Crippen molar-refractivity contribution in [3.8, 4) is 0 Å². The van der Waals surface area contributed by atoms with Crippen LogP contribution in [-0.2, 0) is 17.8 Å². The Balaban J connectivity index is 1.97. The maximum Gasteiger partial charge on any atom is 0.337 e. The lowest BCUT2D eigenvalue weighted by Crippen LogP contribution is -2.31. The van der Waals surface area contributed by atoms with Gasteiger partial charge in [0.2, 0.25) is 5.91 Å². The van der Waals surface area contributed by atoms with E-state index in [1.165, 1.54) is 16.0 Å². The normalized spacial score (nSPS) is 10.9. The van der Waals surface area contributed by atoms with Gasteiger partial charge in [0.15, 0.2) is 0 Å². The van der Waals surface area contributed by atoms with Crippen molar-refractivity contribution < 1.29 is 14.7 Å². The fourth-order valence-electron chi connectivity index (χ4n) is 2.57. The van der Waals surface area contributed by atoms with Crippen LogP contribution in [0.1, 0.15) is 23.1 Å². The Hall–Kier alpha value is -2.42. The molecule has 0 aliphatic rings. The first kappa shape index (κ1) is 19.3. The van der Waals surface area contributed by atoms with E-state index in [0.29, 0.717) is 27.8 Å². The minimum absolute atomic E-state index is 0.00652. The molecule has 0 aliphatic heterocycles. The lowest BCUT2D eigenvalue weighted by molar-refractivity contribution is -0.116. The number of anilines is 1. The van der Waals surface area contributed by atoms with Crippen molar-refractivity contribution in [1.82, 2.24) is 9.55 Å². The number of thiophene rings is 1. The quantitative estimate of drug-likeness (QED) is 0.649. The minimum atomic E-state index is -1.21. The summed E-state index contributed by atoms with van der Waals surface area (Å²) in [5, 5.41) is 13.9. The number of benzene rings is 1. The van der Waals surface area contributed by atoms with Gasteiger partial charge in [-0.15, -0.1) is 11.3 Å². The Morgan fingerprint density at radius 1 is 1.30 bits per heavy atom. The predicted octanol–water partition coefficient (Wildman–Crippen LogP) is 3.66. The molecule has 0 unspecified atom stereocenters. The number of carbonyl (C=O) groups is 2. The SMILES string of the molecule is CCc1nc2scc(C(=O)O)c2c(=O)n1CC(=O)Nc1ccc(Cl)c(Cl)c1. The van der Waals surface area contributed by atoms with Crippen LogP contribution in [0.4, 0.5) is 5.69 Å². The maximum atomic E-state index is 12.8. The molecule has 1 aromatic carbocycles. The van der Waals surface area contributed by atoms with Crippen LogP contribution in [0.2, 0.25) is 10.0 Å². The number of carboxylic acids is 1. The number of halogens is 2. The summed E-state index contributed by atoms with van der Waals surface area (Å²) in [6, 6.07) is 4.62.